The highest BCUT2D eigenvalue weighted by molar-refractivity contribution is 7.89. The van der Waals surface area contributed by atoms with Gasteiger partial charge in [-0.25, -0.2) is 8.42 Å². The SMILES string of the molecule is CC(C)N(CC(=O)N(CCc1c[nH]c2ccccc12)Cc1ccccc1)S(=O)(=O)c1ccc(C(C)(C)C)cc1. The monoisotopic (exact) mass is 545 g/mol. The smallest absolute Gasteiger partial charge is 0.243 e. The summed E-state index contributed by atoms with van der Waals surface area (Å²) in [6.45, 7) is 10.6. The highest BCUT2D eigenvalue weighted by atomic mass is 32.2. The molecule has 6 nitrogen and oxygen atoms in total. The van der Waals surface area contributed by atoms with Crippen molar-refractivity contribution in [1.29, 1.82) is 0 Å². The van der Waals surface area contributed by atoms with Gasteiger partial charge in [-0.1, -0.05) is 81.4 Å². The van der Waals surface area contributed by atoms with E-state index >= 15 is 0 Å². The van der Waals surface area contributed by atoms with E-state index in [1.165, 1.54) is 4.31 Å². The summed E-state index contributed by atoms with van der Waals surface area (Å²) < 4.78 is 28.7. The Morgan fingerprint density at radius 2 is 1.54 bits per heavy atom. The summed E-state index contributed by atoms with van der Waals surface area (Å²) in [6, 6.07) is 24.5. The van der Waals surface area contributed by atoms with E-state index in [4.69, 9.17) is 0 Å². The van der Waals surface area contributed by atoms with Crippen LogP contribution >= 0.6 is 0 Å². The molecular formula is C32H39N3O3S. The number of hydrogen-bond donors (Lipinski definition) is 1. The predicted octanol–water partition coefficient (Wildman–Crippen LogP) is 6.14. The second-order valence-electron chi connectivity index (χ2n) is 11.3. The second kappa shape index (κ2) is 11.8. The van der Waals surface area contributed by atoms with Crippen molar-refractivity contribution in [3.8, 4) is 0 Å². The third-order valence-electron chi connectivity index (χ3n) is 7.09. The first-order valence-corrected chi connectivity index (χ1v) is 14.9. The van der Waals surface area contributed by atoms with Crippen molar-refractivity contribution in [2.75, 3.05) is 13.1 Å². The molecule has 7 heteroatoms. The van der Waals surface area contributed by atoms with Gasteiger partial charge in [0.05, 0.1) is 11.4 Å². The summed E-state index contributed by atoms with van der Waals surface area (Å²) in [5.74, 6) is -0.220. The van der Waals surface area contributed by atoms with Gasteiger partial charge >= 0.3 is 0 Å². The fourth-order valence-corrected chi connectivity index (χ4v) is 6.32. The van der Waals surface area contributed by atoms with Crippen molar-refractivity contribution in [2.24, 2.45) is 0 Å². The van der Waals surface area contributed by atoms with Gasteiger partial charge in [0.1, 0.15) is 0 Å². The Labute approximate surface area is 232 Å². The zero-order valence-electron chi connectivity index (χ0n) is 23.5. The van der Waals surface area contributed by atoms with Crippen LogP contribution in [0.15, 0.2) is 90.0 Å². The van der Waals surface area contributed by atoms with Crippen LogP contribution in [-0.2, 0) is 33.2 Å². The first-order chi connectivity index (χ1) is 18.5. The van der Waals surface area contributed by atoms with Gasteiger partial charge in [-0.05, 0) is 60.6 Å². The lowest BCUT2D eigenvalue weighted by Crippen LogP contribution is -2.46. The Balaban J connectivity index is 1.57. The molecule has 1 aromatic heterocycles. The molecule has 39 heavy (non-hydrogen) atoms. The van der Waals surface area contributed by atoms with Crippen LogP contribution in [0.3, 0.4) is 0 Å². The van der Waals surface area contributed by atoms with Crippen molar-refractivity contribution in [2.45, 2.75) is 63.9 Å². The van der Waals surface area contributed by atoms with Crippen molar-refractivity contribution >= 4 is 26.8 Å². The molecule has 3 aromatic carbocycles. The number of aromatic nitrogens is 1. The molecule has 0 aliphatic rings. The third kappa shape index (κ3) is 6.78. The van der Waals surface area contributed by atoms with Gasteiger partial charge in [-0.2, -0.15) is 4.31 Å². The number of carbonyl (C=O) groups excluding carboxylic acids is 1. The molecule has 1 N–H and O–H groups in total. The fourth-order valence-electron chi connectivity index (χ4n) is 4.73. The number of aromatic amines is 1. The molecule has 0 saturated carbocycles. The summed E-state index contributed by atoms with van der Waals surface area (Å²) >= 11 is 0. The lowest BCUT2D eigenvalue weighted by molar-refractivity contribution is -0.132. The van der Waals surface area contributed by atoms with Crippen LogP contribution in [0.2, 0.25) is 0 Å². The molecule has 4 rings (SSSR count). The van der Waals surface area contributed by atoms with Crippen molar-refractivity contribution in [1.82, 2.24) is 14.2 Å². The quantitative estimate of drug-likeness (QED) is 0.260. The van der Waals surface area contributed by atoms with Crippen LogP contribution in [0.4, 0.5) is 0 Å². The summed E-state index contributed by atoms with van der Waals surface area (Å²) in [5.41, 5.74) is 4.16. The van der Waals surface area contributed by atoms with Crippen LogP contribution in [0.5, 0.6) is 0 Å². The Morgan fingerprint density at radius 3 is 2.18 bits per heavy atom. The van der Waals surface area contributed by atoms with Crippen LogP contribution < -0.4 is 0 Å². The van der Waals surface area contributed by atoms with E-state index in [-0.39, 0.29) is 28.8 Å². The van der Waals surface area contributed by atoms with E-state index in [0.29, 0.717) is 19.5 Å². The summed E-state index contributed by atoms with van der Waals surface area (Å²) in [5, 5.41) is 1.13. The number of amides is 1. The zero-order valence-corrected chi connectivity index (χ0v) is 24.3. The molecule has 0 aliphatic heterocycles. The molecule has 4 aromatic rings. The van der Waals surface area contributed by atoms with Crippen LogP contribution in [0.25, 0.3) is 10.9 Å². The van der Waals surface area contributed by atoms with Crippen molar-refractivity contribution in [3.05, 3.63) is 102 Å². The maximum atomic E-state index is 13.8. The number of para-hydroxylation sites is 1. The highest BCUT2D eigenvalue weighted by Gasteiger charge is 2.31. The van der Waals surface area contributed by atoms with Crippen LogP contribution in [0, 0.1) is 0 Å². The van der Waals surface area contributed by atoms with Gasteiger partial charge in [-0.15, -0.1) is 0 Å². The van der Waals surface area contributed by atoms with Gasteiger partial charge < -0.3 is 9.88 Å². The number of fused-ring (bicyclic) bond motifs is 1. The van der Waals surface area contributed by atoms with Gasteiger partial charge in [0.25, 0.3) is 0 Å². The fraction of sp³-hybridized carbons (Fsp3) is 0.344. The highest BCUT2D eigenvalue weighted by Crippen LogP contribution is 2.26. The molecule has 1 heterocycles. The standard InChI is InChI=1S/C32H39N3O3S/c1-24(2)35(39(37,38)28-17-15-27(16-18-28)32(3,4)5)23-31(36)34(22-25-11-7-6-8-12-25)20-19-26-21-33-30-14-10-9-13-29(26)30/h6-18,21,24,33H,19-20,22-23H2,1-5H3. The Bertz CT molecular complexity index is 1500. The molecule has 0 bridgehead atoms. The number of carbonyl (C=O) groups is 1. The van der Waals surface area contributed by atoms with Crippen molar-refractivity contribution in [3.63, 3.8) is 0 Å². The minimum absolute atomic E-state index is 0.0846. The molecule has 0 saturated heterocycles. The number of hydrogen-bond acceptors (Lipinski definition) is 3. The molecule has 0 atom stereocenters. The number of nitrogens with zero attached hydrogens (tertiary/aromatic N) is 2. The van der Waals surface area contributed by atoms with E-state index in [0.717, 1.165) is 27.6 Å². The molecule has 0 unspecified atom stereocenters. The lowest BCUT2D eigenvalue weighted by Gasteiger charge is -2.30. The normalized spacial score (nSPS) is 12.4. The number of benzene rings is 3. The summed E-state index contributed by atoms with van der Waals surface area (Å²) in [7, 11) is -3.87. The Morgan fingerprint density at radius 1 is 0.897 bits per heavy atom. The molecule has 0 radical (unpaired) electrons. The number of sulfonamides is 1. The molecule has 0 spiro atoms. The first-order valence-electron chi connectivity index (χ1n) is 13.5. The predicted molar refractivity (Wildman–Crippen MR) is 158 cm³/mol. The van der Waals surface area contributed by atoms with E-state index in [1.807, 2.05) is 80.7 Å². The minimum atomic E-state index is -3.87. The number of rotatable bonds is 10. The number of nitrogens with one attached hydrogen (secondary N) is 1. The lowest BCUT2D eigenvalue weighted by atomic mass is 9.87. The molecule has 0 fully saturated rings. The largest absolute Gasteiger partial charge is 0.361 e. The number of H-pyrrole nitrogens is 1. The van der Waals surface area contributed by atoms with Crippen LogP contribution in [0.1, 0.15) is 51.3 Å². The average Bonchev–Trinajstić information content (AvgIpc) is 3.32. The van der Waals surface area contributed by atoms with Crippen molar-refractivity contribution < 1.29 is 13.2 Å². The summed E-state index contributed by atoms with van der Waals surface area (Å²) in [6.07, 6.45) is 2.65. The molecular weight excluding hydrogens is 506 g/mol. The van der Waals surface area contributed by atoms with E-state index in [9.17, 15) is 13.2 Å². The molecule has 1 amide bonds. The molecule has 206 valence electrons. The van der Waals surface area contributed by atoms with Gasteiger partial charge in [0, 0.05) is 36.2 Å². The van der Waals surface area contributed by atoms with E-state index in [1.54, 1.807) is 17.0 Å². The maximum Gasteiger partial charge on any atom is 0.243 e. The first kappa shape index (κ1) is 28.6. The van der Waals surface area contributed by atoms with Gasteiger partial charge in [-0.3, -0.25) is 4.79 Å². The summed E-state index contributed by atoms with van der Waals surface area (Å²) in [4.78, 5) is 19.0. The minimum Gasteiger partial charge on any atom is -0.361 e. The van der Waals surface area contributed by atoms with E-state index < -0.39 is 10.0 Å². The molecule has 0 aliphatic carbocycles. The Hall–Kier alpha value is -3.42. The topological polar surface area (TPSA) is 73.5 Å². The van der Waals surface area contributed by atoms with E-state index in [2.05, 4.69) is 31.8 Å². The average molecular weight is 546 g/mol. The Kier molecular flexibility index (Phi) is 8.62. The maximum absolute atomic E-state index is 13.8. The third-order valence-corrected chi connectivity index (χ3v) is 9.13. The second-order valence-corrected chi connectivity index (χ2v) is 13.2. The van der Waals surface area contributed by atoms with Crippen LogP contribution in [-0.4, -0.2) is 47.6 Å². The van der Waals surface area contributed by atoms with Gasteiger partial charge in [0.2, 0.25) is 15.9 Å². The van der Waals surface area contributed by atoms with Gasteiger partial charge in [0.15, 0.2) is 0 Å². The zero-order chi connectivity index (χ0) is 28.2.